The van der Waals surface area contributed by atoms with Crippen LogP contribution in [0.15, 0.2) is 69.9 Å². The summed E-state index contributed by atoms with van der Waals surface area (Å²) in [6, 6.07) is 18.7. The van der Waals surface area contributed by atoms with Crippen molar-refractivity contribution in [3.63, 3.8) is 0 Å². The summed E-state index contributed by atoms with van der Waals surface area (Å²) in [4.78, 5) is 27.1. The van der Waals surface area contributed by atoms with Crippen molar-refractivity contribution in [1.82, 2.24) is 4.90 Å². The van der Waals surface area contributed by atoms with E-state index in [1.807, 2.05) is 42.5 Å². The minimum atomic E-state index is -0.598. The lowest BCUT2D eigenvalue weighted by atomic mass is 10.0. The number of benzene rings is 2. The van der Waals surface area contributed by atoms with Crippen molar-refractivity contribution in [2.45, 2.75) is 12.5 Å². The van der Waals surface area contributed by atoms with Gasteiger partial charge in [0.15, 0.2) is 0 Å². The van der Waals surface area contributed by atoms with Crippen molar-refractivity contribution in [2.75, 3.05) is 19.8 Å². The number of amides is 1. The molecular formula is C21H19NO4. The number of carbonyl (C=O) groups is 1. The normalized spacial score (nSPS) is 17.4. The molecule has 4 rings (SSSR count). The Morgan fingerprint density at radius 3 is 2.69 bits per heavy atom. The van der Waals surface area contributed by atoms with Crippen LogP contribution in [0.25, 0.3) is 11.0 Å². The van der Waals surface area contributed by atoms with Crippen molar-refractivity contribution < 1.29 is 13.9 Å². The summed E-state index contributed by atoms with van der Waals surface area (Å²) < 4.78 is 10.9. The van der Waals surface area contributed by atoms with E-state index in [4.69, 9.17) is 9.15 Å². The molecule has 132 valence electrons. The molecule has 0 aliphatic carbocycles. The van der Waals surface area contributed by atoms with Gasteiger partial charge in [-0.05, 0) is 24.1 Å². The predicted molar refractivity (Wildman–Crippen MR) is 98.3 cm³/mol. The highest BCUT2D eigenvalue weighted by Gasteiger charge is 2.30. The molecule has 0 bridgehead atoms. The molecule has 1 amide bonds. The second-order valence-corrected chi connectivity index (χ2v) is 6.40. The lowest BCUT2D eigenvalue weighted by Gasteiger charge is -2.35. The fraction of sp³-hybridized carbons (Fsp3) is 0.238. The fourth-order valence-corrected chi connectivity index (χ4v) is 3.34. The van der Waals surface area contributed by atoms with Crippen molar-refractivity contribution in [3.05, 3.63) is 82.2 Å². The summed E-state index contributed by atoms with van der Waals surface area (Å²) in [6.45, 7) is 1.39. The maximum absolute atomic E-state index is 13.1. The van der Waals surface area contributed by atoms with Crippen molar-refractivity contribution in [3.8, 4) is 0 Å². The topological polar surface area (TPSA) is 59.8 Å². The Morgan fingerprint density at radius 1 is 1.08 bits per heavy atom. The molecule has 0 N–H and O–H groups in total. The monoisotopic (exact) mass is 349 g/mol. The number of hydrogen-bond donors (Lipinski definition) is 0. The van der Waals surface area contributed by atoms with Gasteiger partial charge in [0.05, 0.1) is 19.3 Å². The number of nitrogens with zero attached hydrogens (tertiary/aromatic N) is 1. The van der Waals surface area contributed by atoms with Crippen LogP contribution in [0.3, 0.4) is 0 Å². The summed E-state index contributed by atoms with van der Waals surface area (Å²) in [7, 11) is 0. The van der Waals surface area contributed by atoms with Gasteiger partial charge in [-0.2, -0.15) is 0 Å². The van der Waals surface area contributed by atoms with E-state index >= 15 is 0 Å². The Labute approximate surface area is 150 Å². The summed E-state index contributed by atoms with van der Waals surface area (Å²) >= 11 is 0. The second kappa shape index (κ2) is 7.14. The average molecular weight is 349 g/mol. The Kier molecular flexibility index (Phi) is 4.54. The number of rotatable bonds is 3. The molecule has 5 nitrogen and oxygen atoms in total. The zero-order valence-electron chi connectivity index (χ0n) is 14.3. The maximum atomic E-state index is 13.1. The molecule has 5 heteroatoms. The smallest absolute Gasteiger partial charge is 0.349 e. The molecule has 2 aromatic carbocycles. The Bertz CT molecular complexity index is 980. The Hall–Kier alpha value is -2.92. The second-order valence-electron chi connectivity index (χ2n) is 6.40. The zero-order valence-corrected chi connectivity index (χ0v) is 14.3. The highest BCUT2D eigenvalue weighted by atomic mass is 16.5. The summed E-state index contributed by atoms with van der Waals surface area (Å²) in [6.07, 6.45) is 0.686. The van der Waals surface area contributed by atoms with Crippen LogP contribution in [0.1, 0.15) is 15.9 Å². The van der Waals surface area contributed by atoms with E-state index in [0.717, 1.165) is 10.9 Å². The van der Waals surface area contributed by atoms with Crippen LogP contribution < -0.4 is 5.63 Å². The molecule has 1 saturated heterocycles. The third-order valence-corrected chi connectivity index (χ3v) is 4.67. The molecule has 0 saturated carbocycles. The Balaban J connectivity index is 1.65. The molecule has 3 aromatic rings. The SMILES string of the molecule is O=C(c1cc2ccccc2oc1=O)N1CCOCC1Cc1ccccc1. The van der Waals surface area contributed by atoms with E-state index in [-0.39, 0.29) is 17.5 Å². The molecule has 0 spiro atoms. The lowest BCUT2D eigenvalue weighted by Crippen LogP contribution is -2.50. The first-order valence-corrected chi connectivity index (χ1v) is 8.68. The van der Waals surface area contributed by atoms with Crippen LogP contribution in [0.2, 0.25) is 0 Å². The fourth-order valence-electron chi connectivity index (χ4n) is 3.34. The number of carbonyl (C=O) groups excluding carboxylic acids is 1. The van der Waals surface area contributed by atoms with Crippen molar-refractivity contribution in [1.29, 1.82) is 0 Å². The number of ether oxygens (including phenoxy) is 1. The van der Waals surface area contributed by atoms with E-state index in [2.05, 4.69) is 0 Å². The average Bonchev–Trinajstić information content (AvgIpc) is 2.68. The largest absolute Gasteiger partial charge is 0.422 e. The standard InChI is InChI=1S/C21H19NO4/c23-20(18-13-16-8-4-5-9-19(16)26-21(18)24)22-10-11-25-14-17(22)12-15-6-2-1-3-7-15/h1-9,13,17H,10-12,14H2. The molecule has 1 aromatic heterocycles. The first-order valence-electron chi connectivity index (χ1n) is 8.68. The molecule has 1 atom stereocenters. The van der Waals surface area contributed by atoms with Crippen LogP contribution in [-0.2, 0) is 11.2 Å². The highest BCUT2D eigenvalue weighted by molar-refractivity contribution is 5.96. The molecule has 1 fully saturated rings. The summed E-state index contributed by atoms with van der Waals surface area (Å²) in [5.74, 6) is -0.297. The minimum absolute atomic E-state index is 0.0728. The van der Waals surface area contributed by atoms with Gasteiger partial charge in [-0.3, -0.25) is 4.79 Å². The third-order valence-electron chi connectivity index (χ3n) is 4.67. The maximum Gasteiger partial charge on any atom is 0.349 e. The molecule has 1 aliphatic heterocycles. The number of para-hydroxylation sites is 1. The molecule has 1 aliphatic rings. The highest BCUT2D eigenvalue weighted by Crippen LogP contribution is 2.18. The minimum Gasteiger partial charge on any atom is -0.422 e. The quantitative estimate of drug-likeness (QED) is 0.682. The van der Waals surface area contributed by atoms with Crippen LogP contribution in [0.4, 0.5) is 0 Å². The van der Waals surface area contributed by atoms with Gasteiger partial charge in [0.1, 0.15) is 11.1 Å². The summed E-state index contributed by atoms with van der Waals surface area (Å²) in [5, 5.41) is 0.739. The number of hydrogen-bond acceptors (Lipinski definition) is 4. The van der Waals surface area contributed by atoms with Crippen LogP contribution in [-0.4, -0.2) is 36.6 Å². The van der Waals surface area contributed by atoms with E-state index in [0.29, 0.717) is 31.8 Å². The van der Waals surface area contributed by atoms with Gasteiger partial charge in [0.25, 0.3) is 5.91 Å². The van der Waals surface area contributed by atoms with Crippen molar-refractivity contribution in [2.24, 2.45) is 0 Å². The van der Waals surface area contributed by atoms with Gasteiger partial charge in [-0.25, -0.2) is 4.79 Å². The van der Waals surface area contributed by atoms with Gasteiger partial charge in [0.2, 0.25) is 0 Å². The third kappa shape index (κ3) is 3.26. The number of morpholine rings is 1. The van der Waals surface area contributed by atoms with E-state index in [9.17, 15) is 9.59 Å². The molecule has 0 radical (unpaired) electrons. The van der Waals surface area contributed by atoms with Crippen LogP contribution in [0, 0.1) is 0 Å². The van der Waals surface area contributed by atoms with Gasteiger partial charge in [0, 0.05) is 11.9 Å². The number of fused-ring (bicyclic) bond motifs is 1. The Morgan fingerprint density at radius 2 is 1.85 bits per heavy atom. The molecule has 2 heterocycles. The van der Waals surface area contributed by atoms with Crippen LogP contribution >= 0.6 is 0 Å². The van der Waals surface area contributed by atoms with E-state index in [1.54, 1.807) is 23.1 Å². The summed E-state index contributed by atoms with van der Waals surface area (Å²) in [5.41, 5.74) is 1.09. The molecular weight excluding hydrogens is 330 g/mol. The predicted octanol–water partition coefficient (Wildman–Crippen LogP) is 2.88. The molecule has 1 unspecified atom stereocenters. The van der Waals surface area contributed by atoms with Gasteiger partial charge in [-0.15, -0.1) is 0 Å². The lowest BCUT2D eigenvalue weighted by molar-refractivity contribution is -0.00183. The first-order chi connectivity index (χ1) is 12.7. The van der Waals surface area contributed by atoms with Crippen molar-refractivity contribution >= 4 is 16.9 Å². The van der Waals surface area contributed by atoms with Gasteiger partial charge in [-0.1, -0.05) is 48.5 Å². The zero-order chi connectivity index (χ0) is 17.9. The first kappa shape index (κ1) is 16.5. The molecule has 26 heavy (non-hydrogen) atoms. The van der Waals surface area contributed by atoms with E-state index < -0.39 is 5.63 Å². The van der Waals surface area contributed by atoms with Crippen LogP contribution in [0.5, 0.6) is 0 Å². The van der Waals surface area contributed by atoms with E-state index in [1.165, 1.54) is 0 Å². The van der Waals surface area contributed by atoms with Gasteiger partial charge >= 0.3 is 5.63 Å². The van der Waals surface area contributed by atoms with Gasteiger partial charge < -0.3 is 14.1 Å².